The standard InChI is InChI=1S/C11H12ClNO/c1-7-6-9(4-5-13)8(2)11(14-3)10(7)12/h6H,4H2,1-3H3. The number of nitriles is 1. The lowest BCUT2D eigenvalue weighted by Gasteiger charge is -2.12. The van der Waals surface area contributed by atoms with Gasteiger partial charge >= 0.3 is 0 Å². The van der Waals surface area contributed by atoms with Crippen LogP contribution in [0.4, 0.5) is 0 Å². The van der Waals surface area contributed by atoms with E-state index < -0.39 is 0 Å². The molecule has 0 aliphatic carbocycles. The molecule has 0 unspecified atom stereocenters. The van der Waals surface area contributed by atoms with Crippen LogP contribution in [-0.2, 0) is 6.42 Å². The van der Waals surface area contributed by atoms with E-state index in [4.69, 9.17) is 21.6 Å². The van der Waals surface area contributed by atoms with E-state index >= 15 is 0 Å². The van der Waals surface area contributed by atoms with Crippen molar-refractivity contribution in [3.63, 3.8) is 0 Å². The van der Waals surface area contributed by atoms with Crippen molar-refractivity contribution in [1.29, 1.82) is 5.26 Å². The van der Waals surface area contributed by atoms with E-state index in [1.165, 1.54) is 0 Å². The third kappa shape index (κ3) is 1.83. The van der Waals surface area contributed by atoms with Gasteiger partial charge in [-0.25, -0.2) is 0 Å². The first-order chi connectivity index (χ1) is 6.61. The van der Waals surface area contributed by atoms with Crippen LogP contribution in [0.2, 0.25) is 5.02 Å². The maximum Gasteiger partial charge on any atom is 0.140 e. The number of aryl methyl sites for hydroxylation is 1. The second kappa shape index (κ2) is 4.34. The summed E-state index contributed by atoms with van der Waals surface area (Å²) in [5, 5.41) is 9.28. The molecular formula is C11H12ClNO. The van der Waals surface area contributed by atoms with Gasteiger partial charge in [0, 0.05) is 0 Å². The zero-order valence-electron chi connectivity index (χ0n) is 8.52. The molecule has 0 saturated heterocycles. The Morgan fingerprint density at radius 3 is 2.64 bits per heavy atom. The highest BCUT2D eigenvalue weighted by Gasteiger charge is 2.11. The predicted molar refractivity (Wildman–Crippen MR) is 56.8 cm³/mol. The fraction of sp³-hybridized carbons (Fsp3) is 0.364. The van der Waals surface area contributed by atoms with Crippen molar-refractivity contribution in [2.45, 2.75) is 20.3 Å². The third-order valence-electron chi connectivity index (χ3n) is 2.23. The van der Waals surface area contributed by atoms with Gasteiger partial charge in [-0.2, -0.15) is 5.26 Å². The minimum absolute atomic E-state index is 0.389. The zero-order chi connectivity index (χ0) is 10.7. The van der Waals surface area contributed by atoms with Crippen LogP contribution in [0.5, 0.6) is 5.75 Å². The van der Waals surface area contributed by atoms with Crippen LogP contribution >= 0.6 is 11.6 Å². The summed E-state index contributed by atoms with van der Waals surface area (Å²) in [7, 11) is 1.59. The Labute approximate surface area is 89.1 Å². The molecule has 3 heteroatoms. The summed E-state index contributed by atoms with van der Waals surface area (Å²) in [6.07, 6.45) is 0.389. The monoisotopic (exact) mass is 209 g/mol. The van der Waals surface area contributed by atoms with Gasteiger partial charge in [-0.1, -0.05) is 17.7 Å². The van der Waals surface area contributed by atoms with Crippen molar-refractivity contribution >= 4 is 11.6 Å². The molecule has 0 heterocycles. The average molecular weight is 210 g/mol. The fourth-order valence-electron chi connectivity index (χ4n) is 1.43. The quantitative estimate of drug-likeness (QED) is 0.750. The highest BCUT2D eigenvalue weighted by molar-refractivity contribution is 6.33. The Balaban J connectivity index is 3.36. The number of nitrogens with zero attached hydrogens (tertiary/aromatic N) is 1. The average Bonchev–Trinajstić information content (AvgIpc) is 2.16. The molecule has 1 aromatic rings. The van der Waals surface area contributed by atoms with Gasteiger partial charge in [-0.3, -0.25) is 0 Å². The largest absolute Gasteiger partial charge is 0.495 e. The van der Waals surface area contributed by atoms with Crippen LogP contribution in [0, 0.1) is 25.2 Å². The lowest BCUT2D eigenvalue weighted by atomic mass is 10.0. The molecule has 0 spiro atoms. The first-order valence-corrected chi connectivity index (χ1v) is 4.69. The Kier molecular flexibility index (Phi) is 3.38. The van der Waals surface area contributed by atoms with Gasteiger partial charge in [0.25, 0.3) is 0 Å². The molecule has 0 aromatic heterocycles. The van der Waals surface area contributed by atoms with Crippen LogP contribution < -0.4 is 4.74 Å². The molecule has 2 nitrogen and oxygen atoms in total. The molecule has 0 saturated carbocycles. The maximum absolute atomic E-state index is 8.64. The number of ether oxygens (including phenoxy) is 1. The van der Waals surface area contributed by atoms with E-state index in [1.807, 2.05) is 19.9 Å². The highest BCUT2D eigenvalue weighted by atomic mass is 35.5. The zero-order valence-corrected chi connectivity index (χ0v) is 9.27. The van der Waals surface area contributed by atoms with Crippen LogP contribution in [0.3, 0.4) is 0 Å². The fourth-order valence-corrected chi connectivity index (χ4v) is 1.71. The molecule has 74 valence electrons. The van der Waals surface area contributed by atoms with Crippen molar-refractivity contribution in [3.05, 3.63) is 27.8 Å². The van der Waals surface area contributed by atoms with Crippen molar-refractivity contribution in [3.8, 4) is 11.8 Å². The summed E-state index contributed by atoms with van der Waals surface area (Å²) in [6, 6.07) is 4.06. The molecule has 0 aliphatic heterocycles. The van der Waals surface area contributed by atoms with Gasteiger partial charge in [-0.05, 0) is 30.5 Å². The summed E-state index contributed by atoms with van der Waals surface area (Å²) >= 11 is 6.06. The van der Waals surface area contributed by atoms with Gasteiger partial charge in [0.05, 0.1) is 24.6 Å². The van der Waals surface area contributed by atoms with E-state index in [2.05, 4.69) is 6.07 Å². The first-order valence-electron chi connectivity index (χ1n) is 4.31. The number of benzene rings is 1. The van der Waals surface area contributed by atoms with Crippen molar-refractivity contribution in [2.24, 2.45) is 0 Å². The molecule has 0 atom stereocenters. The van der Waals surface area contributed by atoms with Crippen LogP contribution in [0.15, 0.2) is 6.07 Å². The Hall–Kier alpha value is -1.20. The molecular weight excluding hydrogens is 198 g/mol. The predicted octanol–water partition coefficient (Wildman–Crippen LogP) is 3.03. The van der Waals surface area contributed by atoms with Gasteiger partial charge in [0.2, 0.25) is 0 Å². The smallest absolute Gasteiger partial charge is 0.140 e. The normalized spacial score (nSPS) is 9.64. The Bertz CT molecular complexity index is 393. The van der Waals surface area contributed by atoms with Crippen molar-refractivity contribution in [1.82, 2.24) is 0 Å². The van der Waals surface area contributed by atoms with Gasteiger partial charge in [-0.15, -0.1) is 0 Å². The lowest BCUT2D eigenvalue weighted by Crippen LogP contribution is -1.96. The number of halogens is 1. The number of rotatable bonds is 2. The Morgan fingerprint density at radius 1 is 1.50 bits per heavy atom. The Morgan fingerprint density at radius 2 is 2.14 bits per heavy atom. The molecule has 0 amide bonds. The lowest BCUT2D eigenvalue weighted by molar-refractivity contribution is 0.411. The SMILES string of the molecule is COc1c(C)c(CC#N)cc(C)c1Cl. The summed E-state index contributed by atoms with van der Waals surface area (Å²) in [6.45, 7) is 3.82. The van der Waals surface area contributed by atoms with Gasteiger partial charge < -0.3 is 4.74 Å². The maximum atomic E-state index is 8.64. The molecule has 0 bridgehead atoms. The van der Waals surface area contributed by atoms with Crippen LogP contribution in [-0.4, -0.2) is 7.11 Å². The van der Waals surface area contributed by atoms with Crippen molar-refractivity contribution in [2.75, 3.05) is 7.11 Å². The molecule has 0 aliphatic rings. The van der Waals surface area contributed by atoms with Crippen molar-refractivity contribution < 1.29 is 4.74 Å². The highest BCUT2D eigenvalue weighted by Crippen LogP contribution is 2.33. The van der Waals surface area contributed by atoms with E-state index in [1.54, 1.807) is 7.11 Å². The molecule has 0 fully saturated rings. The van der Waals surface area contributed by atoms with Gasteiger partial charge in [0.15, 0.2) is 0 Å². The van der Waals surface area contributed by atoms with Crippen LogP contribution in [0.25, 0.3) is 0 Å². The third-order valence-corrected chi connectivity index (χ3v) is 2.70. The molecule has 1 rings (SSSR count). The molecule has 0 radical (unpaired) electrons. The topological polar surface area (TPSA) is 33.0 Å². The van der Waals surface area contributed by atoms with E-state index in [-0.39, 0.29) is 0 Å². The second-order valence-corrected chi connectivity index (χ2v) is 3.54. The molecule has 14 heavy (non-hydrogen) atoms. The summed E-state index contributed by atoms with van der Waals surface area (Å²) < 4.78 is 5.20. The number of hydrogen-bond donors (Lipinski definition) is 0. The minimum atomic E-state index is 0.389. The minimum Gasteiger partial charge on any atom is -0.495 e. The van der Waals surface area contributed by atoms with E-state index in [0.717, 1.165) is 16.7 Å². The van der Waals surface area contributed by atoms with E-state index in [0.29, 0.717) is 17.2 Å². The first kappa shape index (κ1) is 10.9. The molecule has 0 N–H and O–H groups in total. The van der Waals surface area contributed by atoms with Crippen LogP contribution in [0.1, 0.15) is 16.7 Å². The van der Waals surface area contributed by atoms with E-state index in [9.17, 15) is 0 Å². The summed E-state index contributed by atoms with van der Waals surface area (Å²) in [5.74, 6) is 0.678. The number of hydrogen-bond acceptors (Lipinski definition) is 2. The second-order valence-electron chi connectivity index (χ2n) is 3.16. The van der Waals surface area contributed by atoms with Gasteiger partial charge in [0.1, 0.15) is 5.75 Å². The summed E-state index contributed by atoms with van der Waals surface area (Å²) in [5.41, 5.74) is 2.87. The number of methoxy groups -OCH3 is 1. The summed E-state index contributed by atoms with van der Waals surface area (Å²) in [4.78, 5) is 0. The molecule has 1 aromatic carbocycles.